The third-order valence-electron chi connectivity index (χ3n) is 4.78. The molecule has 8 heteroatoms. The number of nitrogens with one attached hydrogen (secondary N) is 1. The van der Waals surface area contributed by atoms with Gasteiger partial charge in [-0.15, -0.1) is 0 Å². The highest BCUT2D eigenvalue weighted by atomic mass is 16.5. The van der Waals surface area contributed by atoms with Crippen molar-refractivity contribution in [2.24, 2.45) is 0 Å². The molecule has 0 aliphatic heterocycles. The van der Waals surface area contributed by atoms with Gasteiger partial charge in [-0.05, 0) is 35.2 Å². The second kappa shape index (κ2) is 10.4. The number of carbonyl (C=O) groups is 1. The van der Waals surface area contributed by atoms with Crippen molar-refractivity contribution in [3.8, 4) is 11.8 Å². The molecule has 2 aromatic heterocycles. The Morgan fingerprint density at radius 2 is 2.03 bits per heavy atom. The summed E-state index contributed by atoms with van der Waals surface area (Å²) in [5, 5.41) is 11.8. The average Bonchev–Trinajstić information content (AvgIpc) is 3.28. The maximum absolute atomic E-state index is 12.5. The van der Waals surface area contributed by atoms with E-state index >= 15 is 0 Å². The standard InChI is InChI=1S/C24H27N5O3/c1-24(2,3)18-7-9-19(10-8-18)32-16-22(30)28-21-14-26-17-27-23(21)29(12-5-11-25)15-20-6-4-13-31-20/h4,6-10,13-14,17H,5,12,15-16H2,1-3H3,(H,28,30). The SMILES string of the molecule is CC(C)(C)c1ccc(OCC(=O)Nc2cncnc2N(CCC#N)Cc2ccco2)cc1. The largest absolute Gasteiger partial charge is 0.484 e. The Morgan fingerprint density at radius 3 is 2.69 bits per heavy atom. The molecule has 0 atom stereocenters. The number of furan rings is 1. The van der Waals surface area contributed by atoms with Gasteiger partial charge in [0.2, 0.25) is 0 Å². The lowest BCUT2D eigenvalue weighted by Gasteiger charge is -2.23. The topological polar surface area (TPSA) is 104 Å². The highest BCUT2D eigenvalue weighted by molar-refractivity contribution is 5.94. The van der Waals surface area contributed by atoms with Crippen molar-refractivity contribution in [2.45, 2.75) is 39.2 Å². The number of carbonyl (C=O) groups excluding carboxylic acids is 1. The summed E-state index contributed by atoms with van der Waals surface area (Å²) in [7, 11) is 0. The minimum absolute atomic E-state index is 0.0483. The van der Waals surface area contributed by atoms with Crippen LogP contribution in [0.4, 0.5) is 11.5 Å². The van der Waals surface area contributed by atoms with Gasteiger partial charge in [0, 0.05) is 6.54 Å². The van der Waals surface area contributed by atoms with Crippen LogP contribution in [0.5, 0.6) is 5.75 Å². The van der Waals surface area contributed by atoms with Crippen molar-refractivity contribution in [3.05, 3.63) is 66.5 Å². The van der Waals surface area contributed by atoms with Crippen LogP contribution in [0.25, 0.3) is 0 Å². The summed E-state index contributed by atoms with van der Waals surface area (Å²) < 4.78 is 11.1. The van der Waals surface area contributed by atoms with Crippen molar-refractivity contribution in [2.75, 3.05) is 23.4 Å². The molecule has 8 nitrogen and oxygen atoms in total. The van der Waals surface area contributed by atoms with Crippen LogP contribution in [-0.4, -0.2) is 29.0 Å². The number of nitrogens with zero attached hydrogens (tertiary/aromatic N) is 4. The first kappa shape index (κ1) is 22.8. The maximum Gasteiger partial charge on any atom is 0.262 e. The van der Waals surface area contributed by atoms with E-state index in [1.807, 2.05) is 35.2 Å². The minimum atomic E-state index is -0.334. The summed E-state index contributed by atoms with van der Waals surface area (Å²) >= 11 is 0. The zero-order valence-electron chi connectivity index (χ0n) is 18.5. The fraction of sp³-hybridized carbons (Fsp3) is 0.333. The lowest BCUT2D eigenvalue weighted by atomic mass is 9.87. The van der Waals surface area contributed by atoms with Gasteiger partial charge in [0.05, 0.1) is 31.5 Å². The van der Waals surface area contributed by atoms with Crippen LogP contribution in [0, 0.1) is 11.3 Å². The number of anilines is 2. The molecule has 0 bridgehead atoms. The van der Waals surface area contributed by atoms with Crippen LogP contribution in [0.2, 0.25) is 0 Å². The number of hydrogen-bond acceptors (Lipinski definition) is 7. The van der Waals surface area contributed by atoms with E-state index in [-0.39, 0.29) is 17.9 Å². The van der Waals surface area contributed by atoms with Crippen molar-refractivity contribution in [3.63, 3.8) is 0 Å². The van der Waals surface area contributed by atoms with Crippen LogP contribution in [-0.2, 0) is 16.8 Å². The Balaban J connectivity index is 1.66. The number of rotatable bonds is 9. The molecule has 0 radical (unpaired) electrons. The zero-order valence-corrected chi connectivity index (χ0v) is 18.5. The molecule has 0 saturated heterocycles. The quantitative estimate of drug-likeness (QED) is 0.536. The normalized spacial score (nSPS) is 10.9. The Morgan fingerprint density at radius 1 is 1.25 bits per heavy atom. The van der Waals surface area contributed by atoms with Gasteiger partial charge in [0.15, 0.2) is 12.4 Å². The van der Waals surface area contributed by atoms with Crippen LogP contribution in [0.15, 0.2) is 59.6 Å². The fourth-order valence-corrected chi connectivity index (χ4v) is 3.09. The lowest BCUT2D eigenvalue weighted by molar-refractivity contribution is -0.118. The first-order valence-electron chi connectivity index (χ1n) is 10.3. The molecule has 0 saturated carbocycles. The van der Waals surface area contributed by atoms with E-state index < -0.39 is 0 Å². The summed E-state index contributed by atoms with van der Waals surface area (Å²) in [4.78, 5) is 22.8. The van der Waals surface area contributed by atoms with Gasteiger partial charge in [0.1, 0.15) is 23.5 Å². The number of ether oxygens (including phenoxy) is 1. The molecule has 0 aliphatic carbocycles. The third-order valence-corrected chi connectivity index (χ3v) is 4.78. The van der Waals surface area contributed by atoms with Gasteiger partial charge in [-0.1, -0.05) is 32.9 Å². The van der Waals surface area contributed by atoms with Crippen LogP contribution < -0.4 is 15.0 Å². The van der Waals surface area contributed by atoms with Crippen molar-refractivity contribution in [1.29, 1.82) is 5.26 Å². The number of nitriles is 1. The van der Waals surface area contributed by atoms with E-state index in [1.165, 1.54) is 18.1 Å². The Bertz CT molecular complexity index is 1050. The molecular weight excluding hydrogens is 406 g/mol. The van der Waals surface area contributed by atoms with E-state index in [1.54, 1.807) is 12.3 Å². The zero-order chi connectivity index (χ0) is 23.0. The number of amides is 1. The van der Waals surface area contributed by atoms with E-state index in [2.05, 4.69) is 42.1 Å². The first-order chi connectivity index (χ1) is 15.4. The monoisotopic (exact) mass is 433 g/mol. The fourth-order valence-electron chi connectivity index (χ4n) is 3.09. The highest BCUT2D eigenvalue weighted by Gasteiger charge is 2.17. The van der Waals surface area contributed by atoms with Crippen molar-refractivity contribution >= 4 is 17.4 Å². The first-order valence-corrected chi connectivity index (χ1v) is 10.3. The molecule has 0 unspecified atom stereocenters. The molecule has 1 N–H and O–H groups in total. The lowest BCUT2D eigenvalue weighted by Crippen LogP contribution is -2.27. The average molecular weight is 434 g/mol. The third kappa shape index (κ3) is 6.32. The molecule has 0 spiro atoms. The van der Waals surface area contributed by atoms with Gasteiger partial charge in [0.25, 0.3) is 5.91 Å². The van der Waals surface area contributed by atoms with Gasteiger partial charge >= 0.3 is 0 Å². The molecule has 32 heavy (non-hydrogen) atoms. The van der Waals surface area contributed by atoms with Crippen LogP contribution in [0.3, 0.4) is 0 Å². The van der Waals surface area contributed by atoms with E-state index in [0.717, 1.165) is 5.76 Å². The van der Waals surface area contributed by atoms with Crippen molar-refractivity contribution in [1.82, 2.24) is 9.97 Å². The van der Waals surface area contributed by atoms with E-state index in [4.69, 9.17) is 14.4 Å². The van der Waals surface area contributed by atoms with E-state index in [9.17, 15) is 4.79 Å². The van der Waals surface area contributed by atoms with E-state index in [0.29, 0.717) is 36.8 Å². The summed E-state index contributed by atoms with van der Waals surface area (Å²) in [5.41, 5.74) is 1.68. The Hall–Kier alpha value is -3.86. The number of hydrogen-bond donors (Lipinski definition) is 1. The molecule has 166 valence electrons. The summed E-state index contributed by atoms with van der Waals surface area (Å²) in [6, 6.07) is 13.5. The minimum Gasteiger partial charge on any atom is -0.484 e. The number of aromatic nitrogens is 2. The summed E-state index contributed by atoms with van der Waals surface area (Å²) in [6.07, 6.45) is 4.82. The summed E-state index contributed by atoms with van der Waals surface area (Å²) in [6.45, 7) is 7.10. The molecule has 0 fully saturated rings. The predicted octanol–water partition coefficient (Wildman–Crippen LogP) is 4.30. The second-order valence-electron chi connectivity index (χ2n) is 8.28. The number of benzene rings is 1. The molecule has 1 amide bonds. The Kier molecular flexibility index (Phi) is 7.45. The van der Waals surface area contributed by atoms with Gasteiger partial charge in [-0.3, -0.25) is 4.79 Å². The highest BCUT2D eigenvalue weighted by Crippen LogP contribution is 2.25. The predicted molar refractivity (Wildman–Crippen MR) is 121 cm³/mol. The van der Waals surface area contributed by atoms with Gasteiger partial charge in [-0.25, -0.2) is 9.97 Å². The molecule has 0 aliphatic rings. The smallest absolute Gasteiger partial charge is 0.262 e. The Labute approximate surface area is 187 Å². The maximum atomic E-state index is 12.5. The molecular formula is C24H27N5O3. The second-order valence-corrected chi connectivity index (χ2v) is 8.28. The van der Waals surface area contributed by atoms with Crippen LogP contribution >= 0.6 is 0 Å². The van der Waals surface area contributed by atoms with Crippen LogP contribution in [0.1, 0.15) is 38.5 Å². The molecule has 3 aromatic rings. The summed E-state index contributed by atoms with van der Waals surface area (Å²) in [5.74, 6) is 1.51. The van der Waals surface area contributed by atoms with Gasteiger partial charge in [-0.2, -0.15) is 5.26 Å². The molecule has 1 aromatic carbocycles. The van der Waals surface area contributed by atoms with Gasteiger partial charge < -0.3 is 19.4 Å². The molecule has 3 rings (SSSR count). The molecule has 2 heterocycles. The van der Waals surface area contributed by atoms with Crippen molar-refractivity contribution < 1.29 is 13.9 Å².